The summed E-state index contributed by atoms with van der Waals surface area (Å²) in [5.41, 5.74) is 4.31. The lowest BCUT2D eigenvalue weighted by atomic mass is 9.98. The number of rotatable bonds is 6. The average molecular weight is 387 g/mol. The van der Waals surface area contributed by atoms with Crippen LogP contribution in [0.1, 0.15) is 35.2 Å². The molecule has 2 heterocycles. The van der Waals surface area contributed by atoms with Crippen LogP contribution in [0.25, 0.3) is 16.5 Å². The van der Waals surface area contributed by atoms with Crippen LogP contribution in [0.3, 0.4) is 0 Å². The van der Waals surface area contributed by atoms with Crippen LogP contribution in [-0.2, 0) is 4.79 Å². The smallest absolute Gasteiger partial charge is 0.251 e. The number of amides is 2. The lowest BCUT2D eigenvalue weighted by molar-refractivity contribution is -0.130. The average Bonchev–Trinajstić information content (AvgIpc) is 3.21. The number of benzene rings is 2. The Labute approximate surface area is 170 Å². The number of carbonyl (C=O) groups excluding carboxylic acids is 2. The van der Waals surface area contributed by atoms with Crippen molar-refractivity contribution in [3.05, 3.63) is 78.0 Å². The van der Waals surface area contributed by atoms with Gasteiger partial charge in [0, 0.05) is 54.3 Å². The van der Waals surface area contributed by atoms with E-state index >= 15 is 0 Å². The van der Waals surface area contributed by atoms with Gasteiger partial charge in [-0.3, -0.25) is 9.59 Å². The second kappa shape index (κ2) is 8.78. The van der Waals surface area contributed by atoms with Gasteiger partial charge in [-0.05, 0) is 36.6 Å². The fourth-order valence-corrected chi connectivity index (χ4v) is 3.77. The zero-order valence-corrected chi connectivity index (χ0v) is 16.4. The third-order valence-corrected chi connectivity index (χ3v) is 5.39. The molecule has 29 heavy (non-hydrogen) atoms. The summed E-state index contributed by atoms with van der Waals surface area (Å²) in [4.78, 5) is 29.7. The van der Waals surface area contributed by atoms with Crippen molar-refractivity contribution in [1.29, 1.82) is 0 Å². The second-order valence-corrected chi connectivity index (χ2v) is 7.29. The van der Waals surface area contributed by atoms with Crippen molar-refractivity contribution < 1.29 is 9.59 Å². The van der Waals surface area contributed by atoms with Crippen molar-refractivity contribution in [2.75, 3.05) is 19.6 Å². The molecule has 1 aliphatic rings. The quantitative estimate of drug-likeness (QED) is 0.628. The number of H-pyrrole nitrogens is 1. The van der Waals surface area contributed by atoms with Crippen LogP contribution < -0.4 is 5.32 Å². The fourth-order valence-electron chi connectivity index (χ4n) is 3.77. The molecular formula is C24H25N3O2. The molecule has 0 bridgehead atoms. The Morgan fingerprint density at radius 2 is 1.83 bits per heavy atom. The number of fused-ring (bicyclic) bond motifs is 1. The number of aromatic amines is 1. The van der Waals surface area contributed by atoms with Crippen molar-refractivity contribution in [2.45, 2.75) is 19.3 Å². The third-order valence-electron chi connectivity index (χ3n) is 5.39. The zero-order valence-electron chi connectivity index (χ0n) is 16.4. The first-order chi connectivity index (χ1) is 14.2. The van der Waals surface area contributed by atoms with Crippen LogP contribution in [0.15, 0.2) is 66.9 Å². The van der Waals surface area contributed by atoms with Crippen LogP contribution in [-0.4, -0.2) is 41.3 Å². The first-order valence-electron chi connectivity index (χ1n) is 10.1. The highest BCUT2D eigenvalue weighted by Crippen LogP contribution is 2.29. The SMILES string of the molecule is O=C(NCCCC(=O)N1CC=C(c2c[nH]c3ccccc23)CC1)c1ccccc1. The Hall–Kier alpha value is -3.34. The standard InChI is InChI=1S/C24H25N3O2/c28-23(11-6-14-25-24(29)19-7-2-1-3-8-19)27-15-12-18(13-16-27)21-17-26-22-10-5-4-9-20(21)22/h1-5,7-10,12,17,26H,6,11,13-16H2,(H,25,29). The van der Waals surface area contributed by atoms with Crippen LogP contribution in [0.5, 0.6) is 0 Å². The molecule has 0 saturated carbocycles. The van der Waals surface area contributed by atoms with Gasteiger partial charge >= 0.3 is 0 Å². The molecule has 4 rings (SSSR count). The molecule has 0 saturated heterocycles. The van der Waals surface area contributed by atoms with Crippen molar-refractivity contribution in [3.63, 3.8) is 0 Å². The van der Waals surface area contributed by atoms with Gasteiger partial charge in [0.2, 0.25) is 5.91 Å². The summed E-state index contributed by atoms with van der Waals surface area (Å²) < 4.78 is 0. The van der Waals surface area contributed by atoms with Gasteiger partial charge in [-0.1, -0.05) is 42.5 Å². The van der Waals surface area contributed by atoms with E-state index in [0.717, 1.165) is 18.5 Å². The predicted octanol–water partition coefficient (Wildman–Crippen LogP) is 3.99. The highest BCUT2D eigenvalue weighted by Gasteiger charge is 2.19. The van der Waals surface area contributed by atoms with Crippen LogP contribution in [0.4, 0.5) is 0 Å². The van der Waals surface area contributed by atoms with Crippen molar-refractivity contribution in [3.8, 4) is 0 Å². The highest BCUT2D eigenvalue weighted by atomic mass is 16.2. The third kappa shape index (κ3) is 4.40. The summed E-state index contributed by atoms with van der Waals surface area (Å²) in [7, 11) is 0. The molecule has 0 unspecified atom stereocenters. The molecule has 0 radical (unpaired) electrons. The van der Waals surface area contributed by atoms with E-state index in [1.54, 1.807) is 12.1 Å². The zero-order chi connectivity index (χ0) is 20.1. The first-order valence-corrected chi connectivity index (χ1v) is 10.1. The summed E-state index contributed by atoms with van der Waals surface area (Å²) in [6.07, 6.45) is 6.17. The second-order valence-electron chi connectivity index (χ2n) is 7.29. The molecule has 1 aromatic heterocycles. The first kappa shape index (κ1) is 19.0. The minimum absolute atomic E-state index is 0.0951. The predicted molar refractivity (Wildman–Crippen MR) is 115 cm³/mol. The molecule has 3 aromatic rings. The Morgan fingerprint density at radius 1 is 1.03 bits per heavy atom. The molecule has 0 atom stereocenters. The molecule has 0 aliphatic carbocycles. The van der Waals surface area contributed by atoms with E-state index in [1.807, 2.05) is 29.2 Å². The van der Waals surface area contributed by atoms with Gasteiger partial charge < -0.3 is 15.2 Å². The number of carbonyl (C=O) groups is 2. The van der Waals surface area contributed by atoms with Gasteiger partial charge in [0.05, 0.1) is 0 Å². The minimum Gasteiger partial charge on any atom is -0.361 e. The molecule has 5 heteroatoms. The molecule has 2 aromatic carbocycles. The Balaban J connectivity index is 1.25. The van der Waals surface area contributed by atoms with Gasteiger partial charge in [-0.25, -0.2) is 0 Å². The van der Waals surface area contributed by atoms with E-state index in [0.29, 0.717) is 31.5 Å². The van der Waals surface area contributed by atoms with Crippen LogP contribution >= 0.6 is 0 Å². The number of hydrogen-bond acceptors (Lipinski definition) is 2. The molecule has 2 amide bonds. The van der Waals surface area contributed by atoms with E-state index < -0.39 is 0 Å². The van der Waals surface area contributed by atoms with Gasteiger partial charge in [0.15, 0.2) is 0 Å². The van der Waals surface area contributed by atoms with Gasteiger partial charge in [0.25, 0.3) is 5.91 Å². The maximum atomic E-state index is 12.5. The van der Waals surface area contributed by atoms with E-state index in [-0.39, 0.29) is 11.8 Å². The topological polar surface area (TPSA) is 65.2 Å². The summed E-state index contributed by atoms with van der Waals surface area (Å²) in [5.74, 6) is 0.0514. The van der Waals surface area contributed by atoms with Crippen LogP contribution in [0, 0.1) is 0 Å². The van der Waals surface area contributed by atoms with Gasteiger partial charge in [-0.2, -0.15) is 0 Å². The number of nitrogens with one attached hydrogen (secondary N) is 2. The summed E-state index contributed by atoms with van der Waals surface area (Å²) in [5, 5.41) is 4.10. The molecule has 0 spiro atoms. The molecule has 1 aliphatic heterocycles. The molecule has 148 valence electrons. The Bertz CT molecular complexity index is 1040. The van der Waals surface area contributed by atoms with E-state index in [9.17, 15) is 9.59 Å². The Kier molecular flexibility index (Phi) is 5.75. The lowest BCUT2D eigenvalue weighted by Crippen LogP contribution is -2.35. The molecule has 5 nitrogen and oxygen atoms in total. The normalized spacial score (nSPS) is 13.9. The maximum absolute atomic E-state index is 12.5. The summed E-state index contributed by atoms with van der Waals surface area (Å²) >= 11 is 0. The number of nitrogens with zero attached hydrogens (tertiary/aromatic N) is 1. The van der Waals surface area contributed by atoms with Crippen molar-refractivity contribution in [1.82, 2.24) is 15.2 Å². The Morgan fingerprint density at radius 3 is 2.62 bits per heavy atom. The summed E-state index contributed by atoms with van der Waals surface area (Å²) in [6.45, 7) is 1.88. The van der Waals surface area contributed by atoms with E-state index in [1.165, 1.54) is 16.5 Å². The molecule has 0 fully saturated rings. The van der Waals surface area contributed by atoms with Gasteiger partial charge in [-0.15, -0.1) is 0 Å². The van der Waals surface area contributed by atoms with Crippen LogP contribution in [0.2, 0.25) is 0 Å². The largest absolute Gasteiger partial charge is 0.361 e. The summed E-state index contributed by atoms with van der Waals surface area (Å²) in [6, 6.07) is 17.4. The minimum atomic E-state index is -0.0951. The fraction of sp³-hybridized carbons (Fsp3) is 0.250. The number of para-hydroxylation sites is 1. The maximum Gasteiger partial charge on any atom is 0.251 e. The van der Waals surface area contributed by atoms with Crippen molar-refractivity contribution in [2.24, 2.45) is 0 Å². The van der Waals surface area contributed by atoms with E-state index in [2.05, 4.69) is 40.8 Å². The lowest BCUT2D eigenvalue weighted by Gasteiger charge is -2.26. The number of aromatic nitrogens is 1. The number of hydrogen-bond donors (Lipinski definition) is 2. The highest BCUT2D eigenvalue weighted by molar-refractivity contribution is 5.94. The van der Waals surface area contributed by atoms with E-state index in [4.69, 9.17) is 0 Å². The van der Waals surface area contributed by atoms with Crippen molar-refractivity contribution >= 4 is 28.3 Å². The molecule has 2 N–H and O–H groups in total. The monoisotopic (exact) mass is 387 g/mol. The molecular weight excluding hydrogens is 362 g/mol. The van der Waals surface area contributed by atoms with Gasteiger partial charge in [0.1, 0.15) is 0 Å².